The molecule has 0 aromatic carbocycles. The van der Waals surface area contributed by atoms with Crippen LogP contribution in [-0.2, 0) is 23.9 Å². The van der Waals surface area contributed by atoms with Gasteiger partial charge in [-0.15, -0.1) is 0 Å². The normalized spacial score (nSPS) is 26.6. The van der Waals surface area contributed by atoms with Crippen LogP contribution in [0.5, 0.6) is 0 Å². The number of ether oxygens (including phenoxy) is 2. The number of carbonyl (C=O) groups excluding carboxylic acids is 3. The third-order valence-corrected chi connectivity index (χ3v) is 3.67. The zero-order valence-corrected chi connectivity index (χ0v) is 13.2. The van der Waals surface area contributed by atoms with E-state index in [0.717, 1.165) is 44.9 Å². The fourth-order valence-electron chi connectivity index (χ4n) is 2.23. The molecule has 0 saturated carbocycles. The predicted octanol–water partition coefficient (Wildman–Crippen LogP) is 1.22. The summed E-state index contributed by atoms with van der Waals surface area (Å²) in [5.41, 5.74) is -1.59. The average Bonchev–Trinajstić information content (AvgIpc) is 2.48. The van der Waals surface area contributed by atoms with Crippen LogP contribution in [0.3, 0.4) is 0 Å². The summed E-state index contributed by atoms with van der Waals surface area (Å²) in [7, 11) is 0. The van der Waals surface area contributed by atoms with Gasteiger partial charge in [-0.2, -0.15) is 0 Å². The van der Waals surface area contributed by atoms with E-state index in [2.05, 4.69) is 10.6 Å². The molecule has 0 aliphatic carbocycles. The fraction of sp³-hybridized carbons (Fsp3) is 0.800. The van der Waals surface area contributed by atoms with Gasteiger partial charge in [0.05, 0.1) is 13.3 Å². The molecule has 0 bridgehead atoms. The van der Waals surface area contributed by atoms with Crippen molar-refractivity contribution in [3.63, 3.8) is 0 Å². The summed E-state index contributed by atoms with van der Waals surface area (Å²) in [6.45, 7) is 1.91. The summed E-state index contributed by atoms with van der Waals surface area (Å²) in [4.78, 5) is 34.3. The molecule has 7 nitrogen and oxygen atoms in total. The van der Waals surface area contributed by atoms with Gasteiger partial charge in [0.15, 0.2) is 0 Å². The molecular formula is C15H26N2O5. The molecule has 22 heavy (non-hydrogen) atoms. The molecule has 7 heteroatoms. The summed E-state index contributed by atoms with van der Waals surface area (Å²) >= 11 is 0. The third-order valence-electron chi connectivity index (χ3n) is 3.67. The van der Waals surface area contributed by atoms with Crippen molar-refractivity contribution >= 4 is 18.3 Å². The minimum absolute atomic E-state index is 0.0261. The lowest BCUT2D eigenvalue weighted by molar-refractivity contribution is -0.178. The topological polar surface area (TPSA) is 93.7 Å². The zero-order chi connectivity index (χ0) is 16.3. The van der Waals surface area contributed by atoms with Crippen LogP contribution in [0.2, 0.25) is 0 Å². The van der Waals surface area contributed by atoms with Crippen molar-refractivity contribution in [1.29, 1.82) is 0 Å². The number of amides is 1. The monoisotopic (exact) mass is 314 g/mol. The highest BCUT2D eigenvalue weighted by Gasteiger charge is 2.36. The Kier molecular flexibility index (Phi) is 8.50. The van der Waals surface area contributed by atoms with Crippen molar-refractivity contribution in [2.24, 2.45) is 0 Å². The van der Waals surface area contributed by atoms with Crippen LogP contribution >= 0.6 is 0 Å². The number of hydrogen-bond donors (Lipinski definition) is 2. The first kappa shape index (κ1) is 18.4. The van der Waals surface area contributed by atoms with Gasteiger partial charge < -0.3 is 14.8 Å². The zero-order valence-electron chi connectivity index (χ0n) is 13.2. The van der Waals surface area contributed by atoms with Crippen molar-refractivity contribution in [2.45, 2.75) is 64.0 Å². The Balaban J connectivity index is 2.58. The second-order valence-electron chi connectivity index (χ2n) is 5.56. The van der Waals surface area contributed by atoms with Crippen LogP contribution in [0.25, 0.3) is 0 Å². The van der Waals surface area contributed by atoms with Crippen molar-refractivity contribution in [3.8, 4) is 0 Å². The molecule has 0 spiro atoms. The molecule has 126 valence electrons. The molecule has 1 rings (SSSR count). The highest BCUT2D eigenvalue weighted by Crippen LogP contribution is 2.11. The van der Waals surface area contributed by atoms with Gasteiger partial charge in [0.25, 0.3) is 12.2 Å². The minimum atomic E-state index is -1.59. The van der Waals surface area contributed by atoms with Crippen molar-refractivity contribution < 1.29 is 23.9 Å². The van der Waals surface area contributed by atoms with Crippen LogP contribution in [0.15, 0.2) is 0 Å². The smallest absolute Gasteiger partial charge is 0.366 e. The number of cyclic esters (lactones) is 1. The van der Waals surface area contributed by atoms with Gasteiger partial charge in [-0.25, -0.2) is 4.79 Å². The molecule has 1 amide bonds. The van der Waals surface area contributed by atoms with E-state index in [0.29, 0.717) is 13.0 Å². The molecule has 1 aliphatic heterocycles. The van der Waals surface area contributed by atoms with Gasteiger partial charge >= 0.3 is 5.97 Å². The second kappa shape index (κ2) is 10.2. The Morgan fingerprint density at radius 2 is 1.73 bits per heavy atom. The standard InChI is InChI=1S/C15H26N2O5/c1-15(22-12-18)14(20)21-10-8-6-4-2-3-5-7-9-13(19)16-11-17-15/h12,17H,2-11H2,1H3,(H,16,19). The van der Waals surface area contributed by atoms with E-state index in [9.17, 15) is 14.4 Å². The fourth-order valence-corrected chi connectivity index (χ4v) is 2.23. The van der Waals surface area contributed by atoms with Crippen molar-refractivity contribution in [2.75, 3.05) is 13.3 Å². The molecule has 1 saturated heterocycles. The average molecular weight is 314 g/mol. The molecule has 1 heterocycles. The van der Waals surface area contributed by atoms with E-state index < -0.39 is 11.7 Å². The molecule has 0 aromatic rings. The molecular weight excluding hydrogens is 288 g/mol. The molecule has 0 aromatic heterocycles. The van der Waals surface area contributed by atoms with E-state index in [1.54, 1.807) is 0 Å². The Morgan fingerprint density at radius 1 is 1.09 bits per heavy atom. The first-order chi connectivity index (χ1) is 10.6. The van der Waals surface area contributed by atoms with Gasteiger partial charge in [0, 0.05) is 13.3 Å². The summed E-state index contributed by atoms with van der Waals surface area (Å²) in [6, 6.07) is 0. The molecule has 1 aliphatic rings. The van der Waals surface area contributed by atoms with Gasteiger partial charge in [-0.3, -0.25) is 14.9 Å². The van der Waals surface area contributed by atoms with Crippen molar-refractivity contribution in [3.05, 3.63) is 0 Å². The molecule has 1 unspecified atom stereocenters. The van der Waals surface area contributed by atoms with Crippen molar-refractivity contribution in [1.82, 2.24) is 10.6 Å². The van der Waals surface area contributed by atoms with Gasteiger partial charge in [0.1, 0.15) is 0 Å². The number of hydrogen-bond acceptors (Lipinski definition) is 6. The van der Waals surface area contributed by atoms with E-state index in [1.165, 1.54) is 6.92 Å². The second-order valence-corrected chi connectivity index (χ2v) is 5.56. The Hall–Kier alpha value is -1.63. The molecule has 0 radical (unpaired) electrons. The van der Waals surface area contributed by atoms with Gasteiger partial charge in [0.2, 0.25) is 5.91 Å². The van der Waals surface area contributed by atoms with Gasteiger partial charge in [-0.05, 0) is 12.8 Å². The van der Waals surface area contributed by atoms with Crippen LogP contribution in [-0.4, -0.2) is 37.3 Å². The van der Waals surface area contributed by atoms with E-state index in [1.807, 2.05) is 0 Å². The number of esters is 1. The maximum atomic E-state index is 12.0. The largest absolute Gasteiger partial charge is 0.462 e. The van der Waals surface area contributed by atoms with E-state index in [4.69, 9.17) is 9.47 Å². The Labute approximate surface area is 131 Å². The molecule has 1 atom stereocenters. The number of carbonyl (C=O) groups is 3. The third kappa shape index (κ3) is 6.89. The summed E-state index contributed by atoms with van der Waals surface area (Å²) in [5, 5.41) is 5.34. The first-order valence-electron chi connectivity index (χ1n) is 7.89. The number of rotatable bonds is 2. The highest BCUT2D eigenvalue weighted by atomic mass is 16.6. The lowest BCUT2D eigenvalue weighted by Crippen LogP contribution is -2.55. The quantitative estimate of drug-likeness (QED) is 0.588. The highest BCUT2D eigenvalue weighted by molar-refractivity contribution is 5.80. The summed E-state index contributed by atoms with van der Waals surface area (Å²) < 4.78 is 9.94. The molecule has 2 N–H and O–H groups in total. The molecule has 1 fully saturated rings. The maximum Gasteiger partial charge on any atom is 0.366 e. The SMILES string of the molecule is CC1(OC=O)NCNC(=O)CCCCCCCCCOC1=O. The Bertz CT molecular complexity index is 375. The van der Waals surface area contributed by atoms with E-state index in [-0.39, 0.29) is 19.0 Å². The van der Waals surface area contributed by atoms with Gasteiger partial charge in [-0.1, -0.05) is 32.1 Å². The lowest BCUT2D eigenvalue weighted by atomic mass is 10.1. The predicted molar refractivity (Wildman–Crippen MR) is 79.6 cm³/mol. The summed E-state index contributed by atoms with van der Waals surface area (Å²) in [6.07, 6.45) is 7.48. The van der Waals surface area contributed by atoms with Crippen LogP contribution in [0, 0.1) is 0 Å². The van der Waals surface area contributed by atoms with E-state index >= 15 is 0 Å². The Morgan fingerprint density at radius 3 is 2.41 bits per heavy atom. The maximum absolute atomic E-state index is 12.0. The van der Waals surface area contributed by atoms with Crippen LogP contribution in [0.1, 0.15) is 58.3 Å². The minimum Gasteiger partial charge on any atom is -0.462 e. The number of nitrogens with one attached hydrogen (secondary N) is 2. The lowest BCUT2D eigenvalue weighted by Gasteiger charge is -2.26. The first-order valence-corrected chi connectivity index (χ1v) is 7.89. The van der Waals surface area contributed by atoms with Crippen LogP contribution in [0.4, 0.5) is 0 Å². The van der Waals surface area contributed by atoms with Crippen LogP contribution < -0.4 is 10.6 Å². The summed E-state index contributed by atoms with van der Waals surface area (Å²) in [5.74, 6) is -0.762.